The van der Waals surface area contributed by atoms with Gasteiger partial charge in [-0.25, -0.2) is 0 Å². The normalized spacial score (nSPS) is 21.1. The number of aromatic hydroxyl groups is 1. The number of carbonyl (C=O) groups is 2. The number of Topliss-reactive ketones (excluding diaryl/α,β-unsaturated/α-hetero) is 1. The van der Waals surface area contributed by atoms with Gasteiger partial charge in [-0.05, 0) is 55.9 Å². The molecular weight excluding hydrogens is 621 g/mol. The highest BCUT2D eigenvalue weighted by Crippen LogP contribution is 2.45. The first-order valence-corrected chi connectivity index (χ1v) is 16.6. The van der Waals surface area contributed by atoms with Crippen molar-refractivity contribution in [2.75, 3.05) is 23.0 Å². The lowest BCUT2D eigenvalue weighted by atomic mass is 9.79. The van der Waals surface area contributed by atoms with E-state index >= 15 is 0 Å². The minimum atomic E-state index is -0.651. The van der Waals surface area contributed by atoms with Crippen LogP contribution in [-0.4, -0.2) is 40.7 Å². The Kier molecular flexibility index (Phi) is 9.00. The van der Waals surface area contributed by atoms with Gasteiger partial charge in [0.2, 0.25) is 5.78 Å². The molecule has 1 amide bonds. The minimum absolute atomic E-state index is 0.0263. The number of rotatable bonds is 9. The van der Waals surface area contributed by atoms with Crippen LogP contribution in [0, 0.1) is 11.8 Å². The van der Waals surface area contributed by atoms with E-state index in [1.165, 1.54) is 63.5 Å². The van der Waals surface area contributed by atoms with Crippen LogP contribution in [0.15, 0.2) is 52.3 Å². The Balaban J connectivity index is 1.25. The Hall–Kier alpha value is -3.00. The van der Waals surface area contributed by atoms with E-state index < -0.39 is 11.7 Å². The van der Waals surface area contributed by atoms with Crippen LogP contribution in [0.1, 0.15) is 76.7 Å². The quantitative estimate of drug-likeness (QED) is 0.263. The molecule has 0 unspecified atom stereocenters. The molecule has 0 saturated heterocycles. The third-order valence-corrected chi connectivity index (χ3v) is 10.4. The van der Waals surface area contributed by atoms with E-state index in [1.807, 2.05) is 6.07 Å². The molecule has 0 aromatic heterocycles. The maximum Gasteiger partial charge on any atom is 0.281 e. The molecule has 2 N–H and O–H groups in total. The van der Waals surface area contributed by atoms with Gasteiger partial charge in [-0.3, -0.25) is 9.59 Å². The second-order valence-electron chi connectivity index (χ2n) is 12.4. The molecule has 0 atom stereocenters. The molecule has 7 nitrogen and oxygen atoms in total. The monoisotopic (exact) mass is 655 g/mol. The Morgan fingerprint density at radius 1 is 0.841 bits per heavy atom. The SMILES string of the molecule is CC1=NN(c2c(Cl)cc(Cl)cc2Cl)C(=O)/C1=C1/C(=O)C(c2ccc(N(CCC3CCCC3)CCC3CCCC3)cc2O)=C1O. The first-order valence-electron chi connectivity index (χ1n) is 15.5. The number of amides is 1. The average Bonchev–Trinajstić information content (AvgIpc) is 3.74. The van der Waals surface area contributed by atoms with Gasteiger partial charge in [0.05, 0.1) is 32.5 Å². The fourth-order valence-electron chi connectivity index (χ4n) is 7.14. The van der Waals surface area contributed by atoms with Gasteiger partial charge in [-0.2, -0.15) is 10.1 Å². The highest BCUT2D eigenvalue weighted by Gasteiger charge is 2.44. The molecule has 3 aliphatic carbocycles. The summed E-state index contributed by atoms with van der Waals surface area (Å²) in [7, 11) is 0. The molecule has 10 heteroatoms. The van der Waals surface area contributed by atoms with Gasteiger partial charge in [0.1, 0.15) is 17.2 Å². The van der Waals surface area contributed by atoms with Gasteiger partial charge < -0.3 is 15.1 Å². The molecule has 232 valence electrons. The van der Waals surface area contributed by atoms with E-state index in [0.29, 0.717) is 5.02 Å². The molecule has 4 aliphatic rings. The molecule has 0 bridgehead atoms. The Bertz CT molecular complexity index is 1560. The summed E-state index contributed by atoms with van der Waals surface area (Å²) in [6, 6.07) is 8.17. The Morgan fingerprint density at radius 2 is 1.41 bits per heavy atom. The number of aliphatic hydroxyl groups is 1. The molecule has 0 spiro atoms. The molecule has 44 heavy (non-hydrogen) atoms. The summed E-state index contributed by atoms with van der Waals surface area (Å²) in [6.45, 7) is 3.42. The zero-order valence-corrected chi connectivity index (χ0v) is 27.0. The fourth-order valence-corrected chi connectivity index (χ4v) is 8.12. The predicted molar refractivity (Wildman–Crippen MR) is 177 cm³/mol. The van der Waals surface area contributed by atoms with Crippen LogP contribution < -0.4 is 9.91 Å². The van der Waals surface area contributed by atoms with Gasteiger partial charge >= 0.3 is 0 Å². The fraction of sp³-hybridized carbons (Fsp3) is 0.441. The van der Waals surface area contributed by atoms with Crippen molar-refractivity contribution in [2.24, 2.45) is 16.9 Å². The van der Waals surface area contributed by atoms with Crippen molar-refractivity contribution in [3.05, 3.63) is 67.9 Å². The van der Waals surface area contributed by atoms with Crippen molar-refractivity contribution in [1.29, 1.82) is 0 Å². The second-order valence-corrected chi connectivity index (χ2v) is 13.6. The molecule has 0 radical (unpaired) electrons. The van der Waals surface area contributed by atoms with Crippen LogP contribution in [0.2, 0.25) is 15.1 Å². The molecule has 1 heterocycles. The summed E-state index contributed by atoms with van der Waals surface area (Å²) >= 11 is 18.6. The number of phenols is 1. The van der Waals surface area contributed by atoms with Crippen molar-refractivity contribution < 1.29 is 19.8 Å². The number of halogens is 3. The summed E-state index contributed by atoms with van der Waals surface area (Å²) in [5, 5.41) is 28.0. The van der Waals surface area contributed by atoms with E-state index in [0.717, 1.165) is 48.5 Å². The minimum Gasteiger partial charge on any atom is -0.507 e. The van der Waals surface area contributed by atoms with E-state index in [4.69, 9.17) is 34.8 Å². The van der Waals surface area contributed by atoms with Gasteiger partial charge in [0, 0.05) is 35.4 Å². The number of benzene rings is 2. The molecule has 1 aliphatic heterocycles. The number of anilines is 2. The summed E-state index contributed by atoms with van der Waals surface area (Å²) in [5.41, 5.74) is 1.29. The second kappa shape index (κ2) is 12.8. The van der Waals surface area contributed by atoms with Crippen LogP contribution in [0.3, 0.4) is 0 Å². The lowest BCUT2D eigenvalue weighted by Crippen LogP contribution is -2.29. The standard InChI is InChI=1S/C34H36Cl3N3O4/c1-19-28(34(44)40(38-19)31-25(36)16-22(35)17-26(31)37)30-32(42)29(33(30)43)24-11-10-23(18-27(24)41)39(14-12-20-6-2-3-7-20)15-13-21-8-4-5-9-21/h10-11,16-18,20-21,41-42H,2-9,12-15H2,1H3/b30-28+. The number of hydrazone groups is 1. The first kappa shape index (κ1) is 31.0. The molecule has 2 aromatic rings. The maximum absolute atomic E-state index is 13.4. The average molecular weight is 657 g/mol. The van der Waals surface area contributed by atoms with Crippen molar-refractivity contribution in [2.45, 2.75) is 71.1 Å². The molecule has 2 saturated carbocycles. The van der Waals surface area contributed by atoms with Crippen LogP contribution >= 0.6 is 34.8 Å². The molecule has 2 aromatic carbocycles. The van der Waals surface area contributed by atoms with E-state index in [-0.39, 0.29) is 55.2 Å². The lowest BCUT2D eigenvalue weighted by Gasteiger charge is -2.29. The lowest BCUT2D eigenvalue weighted by molar-refractivity contribution is -0.115. The van der Waals surface area contributed by atoms with E-state index in [1.54, 1.807) is 19.1 Å². The maximum atomic E-state index is 13.4. The van der Waals surface area contributed by atoms with Crippen LogP contribution in [-0.2, 0) is 9.59 Å². The smallest absolute Gasteiger partial charge is 0.281 e. The van der Waals surface area contributed by atoms with E-state index in [2.05, 4.69) is 10.0 Å². The largest absolute Gasteiger partial charge is 0.507 e. The number of nitrogens with zero attached hydrogens (tertiary/aromatic N) is 3. The Labute approximate surface area is 272 Å². The van der Waals surface area contributed by atoms with Crippen molar-refractivity contribution in [3.63, 3.8) is 0 Å². The molecular formula is C34H36Cl3N3O4. The van der Waals surface area contributed by atoms with E-state index in [9.17, 15) is 19.8 Å². The van der Waals surface area contributed by atoms with Crippen LogP contribution in [0.25, 0.3) is 5.57 Å². The number of hydrogen-bond acceptors (Lipinski definition) is 6. The van der Waals surface area contributed by atoms with Crippen molar-refractivity contribution in [1.82, 2.24) is 0 Å². The Morgan fingerprint density at radius 3 is 1.93 bits per heavy atom. The van der Waals surface area contributed by atoms with Crippen molar-refractivity contribution in [3.8, 4) is 5.75 Å². The summed E-state index contributed by atoms with van der Waals surface area (Å²) in [6.07, 6.45) is 12.7. The zero-order valence-electron chi connectivity index (χ0n) is 24.7. The summed E-state index contributed by atoms with van der Waals surface area (Å²) in [5.74, 6) is -0.125. The first-order chi connectivity index (χ1) is 21.1. The molecule has 2 fully saturated rings. The number of carbonyl (C=O) groups excluding carboxylic acids is 2. The highest BCUT2D eigenvalue weighted by molar-refractivity contribution is 6.47. The van der Waals surface area contributed by atoms with Gasteiger partial charge in [-0.15, -0.1) is 0 Å². The number of phenolic OH excluding ortho intramolecular Hbond substituents is 1. The summed E-state index contributed by atoms with van der Waals surface area (Å²) in [4.78, 5) is 29.3. The number of allylic oxidation sites excluding steroid dienone is 2. The van der Waals surface area contributed by atoms with Crippen LogP contribution in [0.4, 0.5) is 11.4 Å². The number of hydrogen-bond donors (Lipinski definition) is 2. The number of aliphatic hydroxyl groups excluding tert-OH is 1. The topological polar surface area (TPSA) is 93.4 Å². The van der Waals surface area contributed by atoms with Gasteiger partial charge in [-0.1, -0.05) is 86.2 Å². The number of ketones is 1. The summed E-state index contributed by atoms with van der Waals surface area (Å²) < 4.78 is 0. The zero-order chi connectivity index (χ0) is 31.1. The third kappa shape index (κ3) is 5.86. The van der Waals surface area contributed by atoms with Crippen molar-refractivity contribution >= 4 is 69.2 Å². The highest BCUT2D eigenvalue weighted by atomic mass is 35.5. The van der Waals surface area contributed by atoms with Gasteiger partial charge in [0.15, 0.2) is 0 Å². The predicted octanol–water partition coefficient (Wildman–Crippen LogP) is 8.89. The molecule has 6 rings (SSSR count). The third-order valence-electron chi connectivity index (χ3n) is 9.57. The van der Waals surface area contributed by atoms with Crippen LogP contribution in [0.5, 0.6) is 5.75 Å². The van der Waals surface area contributed by atoms with Gasteiger partial charge in [0.25, 0.3) is 5.91 Å².